The first kappa shape index (κ1) is 16.5. The number of hydrogen-bond acceptors (Lipinski definition) is 3. The van der Waals surface area contributed by atoms with E-state index >= 15 is 0 Å². The van der Waals surface area contributed by atoms with Gasteiger partial charge in [0.15, 0.2) is 0 Å². The summed E-state index contributed by atoms with van der Waals surface area (Å²) in [6.45, 7) is 4.19. The molecule has 22 heavy (non-hydrogen) atoms. The Bertz CT molecular complexity index is 535. The number of nitrogens with zero attached hydrogens (tertiary/aromatic N) is 1. The number of carbonyl (C=O) groups excluding carboxylic acids is 2. The summed E-state index contributed by atoms with van der Waals surface area (Å²) in [5.41, 5.74) is 1.70. The van der Waals surface area contributed by atoms with Crippen LogP contribution >= 0.6 is 0 Å². The van der Waals surface area contributed by atoms with Crippen LogP contribution in [0.3, 0.4) is 0 Å². The van der Waals surface area contributed by atoms with Gasteiger partial charge in [-0.1, -0.05) is 38.0 Å². The number of esters is 1. The van der Waals surface area contributed by atoms with Gasteiger partial charge in [-0.25, -0.2) is 0 Å². The lowest BCUT2D eigenvalue weighted by atomic mass is 10.0. The Hall–Kier alpha value is -1.84. The number of aryl methyl sites for hydroxylation is 1. The Morgan fingerprint density at radius 2 is 1.91 bits per heavy atom. The number of methoxy groups -OCH3 is 1. The highest BCUT2D eigenvalue weighted by Gasteiger charge is 2.30. The molecule has 1 saturated carbocycles. The predicted octanol–water partition coefficient (Wildman–Crippen LogP) is 3.19. The molecule has 1 atom stereocenters. The van der Waals surface area contributed by atoms with Crippen molar-refractivity contribution in [3.63, 3.8) is 0 Å². The molecule has 0 radical (unpaired) electrons. The van der Waals surface area contributed by atoms with Gasteiger partial charge in [0.25, 0.3) is 5.91 Å². The van der Waals surface area contributed by atoms with Crippen molar-refractivity contribution in [1.82, 2.24) is 4.90 Å². The van der Waals surface area contributed by atoms with E-state index in [4.69, 9.17) is 4.74 Å². The zero-order valence-corrected chi connectivity index (χ0v) is 13.7. The Morgan fingerprint density at radius 3 is 2.50 bits per heavy atom. The molecule has 120 valence electrons. The van der Waals surface area contributed by atoms with E-state index in [2.05, 4.69) is 0 Å². The first-order valence-corrected chi connectivity index (χ1v) is 7.99. The van der Waals surface area contributed by atoms with Crippen molar-refractivity contribution in [2.24, 2.45) is 5.92 Å². The highest BCUT2D eigenvalue weighted by Crippen LogP contribution is 2.26. The summed E-state index contributed by atoms with van der Waals surface area (Å²) >= 11 is 0. The fourth-order valence-corrected chi connectivity index (χ4v) is 3.15. The Kier molecular flexibility index (Phi) is 5.58. The molecule has 0 aromatic heterocycles. The average molecular weight is 303 g/mol. The summed E-state index contributed by atoms with van der Waals surface area (Å²) in [7, 11) is 1.39. The van der Waals surface area contributed by atoms with E-state index in [0.717, 1.165) is 36.8 Å². The zero-order chi connectivity index (χ0) is 16.1. The van der Waals surface area contributed by atoms with Crippen LogP contribution < -0.4 is 0 Å². The van der Waals surface area contributed by atoms with Crippen LogP contribution in [0.2, 0.25) is 0 Å². The van der Waals surface area contributed by atoms with Crippen LogP contribution in [0.5, 0.6) is 0 Å². The van der Waals surface area contributed by atoms with Gasteiger partial charge in [-0.2, -0.15) is 0 Å². The Morgan fingerprint density at radius 1 is 1.27 bits per heavy atom. The summed E-state index contributed by atoms with van der Waals surface area (Å²) in [5.74, 6) is -0.542. The molecule has 1 unspecified atom stereocenters. The SMILES string of the molecule is COC(=O)C(C)CN(C(=O)c1ccccc1C)C1CCCC1. The van der Waals surface area contributed by atoms with Crippen LogP contribution in [0.1, 0.15) is 48.5 Å². The molecule has 0 saturated heterocycles. The number of benzene rings is 1. The normalized spacial score (nSPS) is 16.3. The fourth-order valence-electron chi connectivity index (χ4n) is 3.15. The third-order valence-corrected chi connectivity index (χ3v) is 4.48. The van der Waals surface area contributed by atoms with Crippen LogP contribution in [0.15, 0.2) is 24.3 Å². The summed E-state index contributed by atoms with van der Waals surface area (Å²) in [6.07, 6.45) is 4.33. The maximum Gasteiger partial charge on any atom is 0.310 e. The molecule has 1 aromatic rings. The van der Waals surface area contributed by atoms with E-state index in [1.807, 2.05) is 43.0 Å². The highest BCUT2D eigenvalue weighted by molar-refractivity contribution is 5.96. The van der Waals surface area contributed by atoms with Gasteiger partial charge in [-0.3, -0.25) is 9.59 Å². The summed E-state index contributed by atoms with van der Waals surface area (Å²) < 4.78 is 4.81. The largest absolute Gasteiger partial charge is 0.469 e. The minimum absolute atomic E-state index is 0.0285. The standard InChI is InChI=1S/C18H25NO3/c1-13-8-4-7-11-16(13)17(20)19(15-9-5-6-10-15)12-14(2)18(21)22-3/h4,7-8,11,14-15H,5-6,9-10,12H2,1-3H3. The Balaban J connectivity index is 2.22. The highest BCUT2D eigenvalue weighted by atomic mass is 16.5. The van der Waals surface area contributed by atoms with Crippen molar-refractivity contribution in [2.75, 3.05) is 13.7 Å². The smallest absolute Gasteiger partial charge is 0.310 e. The molecule has 0 spiro atoms. The molecule has 1 aliphatic carbocycles. The van der Waals surface area contributed by atoms with E-state index in [1.165, 1.54) is 7.11 Å². The van der Waals surface area contributed by atoms with Gasteiger partial charge < -0.3 is 9.64 Å². The molecule has 0 N–H and O–H groups in total. The second-order valence-electron chi connectivity index (χ2n) is 6.13. The lowest BCUT2D eigenvalue weighted by molar-refractivity contribution is -0.145. The predicted molar refractivity (Wildman–Crippen MR) is 85.7 cm³/mol. The van der Waals surface area contributed by atoms with Crippen molar-refractivity contribution in [1.29, 1.82) is 0 Å². The quantitative estimate of drug-likeness (QED) is 0.785. The van der Waals surface area contributed by atoms with E-state index in [1.54, 1.807) is 0 Å². The number of amides is 1. The van der Waals surface area contributed by atoms with Gasteiger partial charge in [0.1, 0.15) is 0 Å². The Labute approximate surface area is 132 Å². The molecule has 1 aromatic carbocycles. The molecular formula is C18H25NO3. The number of hydrogen-bond donors (Lipinski definition) is 0. The monoisotopic (exact) mass is 303 g/mol. The van der Waals surface area contributed by atoms with E-state index in [-0.39, 0.29) is 23.8 Å². The maximum atomic E-state index is 13.0. The van der Waals surface area contributed by atoms with Crippen LogP contribution in [-0.4, -0.2) is 36.5 Å². The van der Waals surface area contributed by atoms with E-state index in [0.29, 0.717) is 6.54 Å². The van der Waals surface area contributed by atoms with Crippen molar-refractivity contribution in [3.05, 3.63) is 35.4 Å². The fraction of sp³-hybridized carbons (Fsp3) is 0.556. The number of ether oxygens (including phenoxy) is 1. The molecule has 2 rings (SSSR count). The summed E-state index contributed by atoms with van der Waals surface area (Å²) in [4.78, 5) is 26.6. The summed E-state index contributed by atoms with van der Waals surface area (Å²) in [6, 6.07) is 7.87. The molecular weight excluding hydrogens is 278 g/mol. The maximum absolute atomic E-state index is 13.0. The molecule has 1 amide bonds. The van der Waals surface area contributed by atoms with Crippen molar-refractivity contribution in [3.8, 4) is 0 Å². The molecule has 4 heteroatoms. The van der Waals surface area contributed by atoms with Crippen LogP contribution in [0.4, 0.5) is 0 Å². The third kappa shape index (κ3) is 3.67. The molecule has 0 aliphatic heterocycles. The van der Waals surface area contributed by atoms with Crippen LogP contribution in [-0.2, 0) is 9.53 Å². The molecule has 4 nitrogen and oxygen atoms in total. The van der Waals surface area contributed by atoms with Crippen LogP contribution in [0, 0.1) is 12.8 Å². The van der Waals surface area contributed by atoms with Crippen LogP contribution in [0.25, 0.3) is 0 Å². The number of rotatable bonds is 5. The first-order valence-electron chi connectivity index (χ1n) is 7.99. The average Bonchev–Trinajstić information content (AvgIpc) is 3.05. The van der Waals surface area contributed by atoms with Gasteiger partial charge in [0, 0.05) is 18.2 Å². The van der Waals surface area contributed by atoms with E-state index in [9.17, 15) is 9.59 Å². The second-order valence-corrected chi connectivity index (χ2v) is 6.13. The van der Waals surface area contributed by atoms with Crippen molar-refractivity contribution < 1.29 is 14.3 Å². The third-order valence-electron chi connectivity index (χ3n) is 4.48. The van der Waals surface area contributed by atoms with Gasteiger partial charge >= 0.3 is 5.97 Å². The minimum Gasteiger partial charge on any atom is -0.469 e. The summed E-state index contributed by atoms with van der Waals surface area (Å²) in [5, 5.41) is 0. The van der Waals surface area contributed by atoms with Crippen molar-refractivity contribution in [2.45, 2.75) is 45.6 Å². The zero-order valence-electron chi connectivity index (χ0n) is 13.7. The van der Waals surface area contributed by atoms with E-state index < -0.39 is 0 Å². The lowest BCUT2D eigenvalue weighted by Gasteiger charge is -2.31. The molecule has 1 aliphatic rings. The second kappa shape index (κ2) is 7.43. The lowest BCUT2D eigenvalue weighted by Crippen LogP contribution is -2.43. The van der Waals surface area contributed by atoms with Gasteiger partial charge in [0.2, 0.25) is 0 Å². The molecule has 0 heterocycles. The number of carbonyl (C=O) groups is 2. The minimum atomic E-state index is -0.307. The molecule has 1 fully saturated rings. The topological polar surface area (TPSA) is 46.6 Å². The molecule has 0 bridgehead atoms. The van der Waals surface area contributed by atoms with Gasteiger partial charge in [0.05, 0.1) is 13.0 Å². The van der Waals surface area contributed by atoms with Gasteiger partial charge in [-0.15, -0.1) is 0 Å². The van der Waals surface area contributed by atoms with Gasteiger partial charge in [-0.05, 0) is 31.4 Å². The van der Waals surface area contributed by atoms with Crippen molar-refractivity contribution >= 4 is 11.9 Å². The first-order chi connectivity index (χ1) is 10.5.